The van der Waals surface area contributed by atoms with Gasteiger partial charge in [0.2, 0.25) is 27.6 Å². The van der Waals surface area contributed by atoms with Gasteiger partial charge in [-0.3, -0.25) is 19.2 Å². The van der Waals surface area contributed by atoms with Gasteiger partial charge < -0.3 is 26.6 Å². The minimum atomic E-state index is -3.47. The van der Waals surface area contributed by atoms with E-state index in [9.17, 15) is 32.4 Å². The standard InChI is InChI=1S/C36H64N6O7S/c1-10-20-37-32(45)29(43)27(22-26-15-14-16-26)39-31(44)25(3)24(2)17-21-38-33(46)30(36(7)18-12-11-13-19-36)41-34(47)40-28(35(4,5)6)23-42(8)50(9,48)49/h10,24-28,30H,1,11-23H2,2-9H3,(H,37,45)(H,38,46)(H,39,44)(H2,40,41,47)/t24-,25-,27?,28+,30+/m0/s1. The van der Waals surface area contributed by atoms with E-state index < -0.39 is 62.6 Å². The number of amides is 5. The lowest BCUT2D eigenvalue weighted by Gasteiger charge is -2.41. The first-order valence-electron chi connectivity index (χ1n) is 18.2. The van der Waals surface area contributed by atoms with Crippen LogP contribution in [-0.4, -0.2) is 93.3 Å². The highest BCUT2D eigenvalue weighted by molar-refractivity contribution is 7.88. The van der Waals surface area contributed by atoms with Gasteiger partial charge in [-0.1, -0.05) is 86.1 Å². The number of Topliss-reactive ketones (excluding diaryl/α,β-unsaturated/α-hetero) is 1. The third kappa shape index (κ3) is 13.3. The maximum absolute atomic E-state index is 13.8. The van der Waals surface area contributed by atoms with E-state index >= 15 is 0 Å². The molecular weight excluding hydrogens is 660 g/mol. The van der Waals surface area contributed by atoms with Crippen LogP contribution in [0.1, 0.15) is 106 Å². The van der Waals surface area contributed by atoms with Crippen molar-refractivity contribution in [3.8, 4) is 0 Å². The molecule has 0 aliphatic heterocycles. The number of hydrogen-bond acceptors (Lipinski definition) is 7. The zero-order valence-corrected chi connectivity index (χ0v) is 32.5. The molecule has 0 bridgehead atoms. The Morgan fingerprint density at radius 2 is 1.56 bits per heavy atom. The second-order valence-electron chi connectivity index (χ2n) is 16.0. The highest BCUT2D eigenvalue weighted by Crippen LogP contribution is 2.39. The van der Waals surface area contributed by atoms with E-state index in [1.807, 2.05) is 34.6 Å². The lowest BCUT2D eigenvalue weighted by Crippen LogP contribution is -2.61. The number of rotatable bonds is 19. The average Bonchev–Trinajstić information content (AvgIpc) is 3.01. The minimum absolute atomic E-state index is 0.0749. The average molecular weight is 725 g/mol. The Balaban J connectivity index is 2.06. The Labute approximate surface area is 300 Å². The van der Waals surface area contributed by atoms with E-state index in [4.69, 9.17) is 0 Å². The van der Waals surface area contributed by atoms with Crippen molar-refractivity contribution in [2.45, 2.75) is 124 Å². The van der Waals surface area contributed by atoms with Crippen LogP contribution in [0.2, 0.25) is 0 Å². The van der Waals surface area contributed by atoms with Gasteiger partial charge in [0.05, 0.1) is 12.3 Å². The zero-order chi connectivity index (χ0) is 37.9. The fraction of sp³-hybridized carbons (Fsp3) is 0.806. The fourth-order valence-electron chi connectivity index (χ4n) is 6.50. The summed E-state index contributed by atoms with van der Waals surface area (Å²) < 4.78 is 25.4. The molecule has 0 aromatic rings. The topological polar surface area (TPSA) is 183 Å². The van der Waals surface area contributed by atoms with E-state index in [-0.39, 0.29) is 37.4 Å². The predicted octanol–water partition coefficient (Wildman–Crippen LogP) is 3.26. The van der Waals surface area contributed by atoms with Gasteiger partial charge in [0.1, 0.15) is 6.04 Å². The molecule has 0 aromatic carbocycles. The summed E-state index contributed by atoms with van der Waals surface area (Å²) in [6.45, 7) is 15.5. The van der Waals surface area contributed by atoms with E-state index in [0.29, 0.717) is 18.8 Å². The first kappa shape index (κ1) is 43.2. The Bertz CT molecular complexity index is 1300. The molecule has 0 saturated heterocycles. The van der Waals surface area contributed by atoms with Gasteiger partial charge in [0, 0.05) is 38.6 Å². The molecule has 50 heavy (non-hydrogen) atoms. The third-order valence-corrected chi connectivity index (χ3v) is 12.1. The highest BCUT2D eigenvalue weighted by atomic mass is 32.2. The summed E-state index contributed by atoms with van der Waals surface area (Å²) in [5.74, 6) is -2.39. The Morgan fingerprint density at radius 3 is 2.08 bits per heavy atom. The van der Waals surface area contributed by atoms with Gasteiger partial charge in [0.15, 0.2) is 0 Å². The van der Waals surface area contributed by atoms with Crippen LogP contribution < -0.4 is 26.6 Å². The number of carbonyl (C=O) groups is 5. The van der Waals surface area contributed by atoms with E-state index in [2.05, 4.69) is 33.2 Å². The molecule has 2 fully saturated rings. The molecule has 2 saturated carbocycles. The molecule has 0 radical (unpaired) electrons. The predicted molar refractivity (Wildman–Crippen MR) is 195 cm³/mol. The van der Waals surface area contributed by atoms with Crippen LogP contribution in [0.15, 0.2) is 12.7 Å². The smallest absolute Gasteiger partial charge is 0.315 e. The van der Waals surface area contributed by atoms with Crippen LogP contribution >= 0.6 is 0 Å². The summed E-state index contributed by atoms with van der Waals surface area (Å²) in [6, 6.07) is -2.78. The first-order chi connectivity index (χ1) is 23.2. The second kappa shape index (κ2) is 19.0. The number of ketones is 1. The number of urea groups is 1. The molecule has 2 aliphatic rings. The van der Waals surface area contributed by atoms with Gasteiger partial charge in [-0.05, 0) is 48.3 Å². The van der Waals surface area contributed by atoms with Crippen LogP contribution in [0, 0.1) is 28.6 Å². The number of carbonyl (C=O) groups excluding carboxylic acids is 5. The first-order valence-corrected chi connectivity index (χ1v) is 20.0. The van der Waals surface area contributed by atoms with Gasteiger partial charge in [-0.2, -0.15) is 0 Å². The van der Waals surface area contributed by atoms with Crippen molar-refractivity contribution in [2.75, 3.05) is 32.9 Å². The summed E-state index contributed by atoms with van der Waals surface area (Å²) in [6.07, 6.45) is 11.0. The van der Waals surface area contributed by atoms with E-state index in [1.54, 1.807) is 6.92 Å². The van der Waals surface area contributed by atoms with Crippen molar-refractivity contribution < 1.29 is 32.4 Å². The molecular formula is C36H64N6O7S. The van der Waals surface area contributed by atoms with E-state index in [1.165, 1.54) is 17.4 Å². The van der Waals surface area contributed by atoms with Gasteiger partial charge in [-0.25, -0.2) is 17.5 Å². The van der Waals surface area contributed by atoms with Crippen molar-refractivity contribution in [2.24, 2.45) is 28.6 Å². The van der Waals surface area contributed by atoms with Crippen molar-refractivity contribution in [3.63, 3.8) is 0 Å². The quantitative estimate of drug-likeness (QED) is 0.100. The van der Waals surface area contributed by atoms with Crippen molar-refractivity contribution in [3.05, 3.63) is 12.7 Å². The molecule has 2 rings (SSSR count). The SMILES string of the molecule is C=CCNC(=O)C(=O)C(CC1CCC1)NC(=O)[C@@H](C)[C@@H](C)CCNC(=O)[C@@H](NC(=O)N[C@H](CN(C)S(C)(=O)=O)C(C)(C)C)C1(C)CCCCC1. The Kier molecular flexibility index (Phi) is 16.4. The number of hydrogen-bond donors (Lipinski definition) is 5. The molecule has 0 aromatic heterocycles. The molecule has 0 spiro atoms. The molecule has 5 amide bonds. The summed E-state index contributed by atoms with van der Waals surface area (Å²) in [7, 11) is -2.00. The van der Waals surface area contributed by atoms with Crippen LogP contribution in [0.3, 0.4) is 0 Å². The fourth-order valence-corrected chi connectivity index (χ4v) is 6.92. The van der Waals surface area contributed by atoms with Crippen molar-refractivity contribution >= 4 is 39.6 Å². The van der Waals surface area contributed by atoms with Gasteiger partial charge >= 0.3 is 6.03 Å². The van der Waals surface area contributed by atoms with Crippen LogP contribution in [0.5, 0.6) is 0 Å². The lowest BCUT2D eigenvalue weighted by molar-refractivity contribution is -0.140. The Morgan fingerprint density at radius 1 is 0.940 bits per heavy atom. The van der Waals surface area contributed by atoms with Gasteiger partial charge in [0.25, 0.3) is 5.91 Å². The highest BCUT2D eigenvalue weighted by Gasteiger charge is 2.42. The van der Waals surface area contributed by atoms with Gasteiger partial charge in [-0.15, -0.1) is 6.58 Å². The molecule has 13 nitrogen and oxygen atoms in total. The molecule has 2 aliphatic carbocycles. The largest absolute Gasteiger partial charge is 0.354 e. The second-order valence-corrected chi connectivity index (χ2v) is 18.1. The minimum Gasteiger partial charge on any atom is -0.354 e. The molecule has 286 valence electrons. The third-order valence-electron chi connectivity index (χ3n) is 10.8. The van der Waals surface area contributed by atoms with Crippen LogP contribution in [0.4, 0.5) is 4.79 Å². The maximum atomic E-state index is 13.8. The van der Waals surface area contributed by atoms with Crippen molar-refractivity contribution in [1.29, 1.82) is 0 Å². The Hall–Kier alpha value is -3.00. The molecule has 5 N–H and O–H groups in total. The monoisotopic (exact) mass is 724 g/mol. The number of sulfonamides is 1. The maximum Gasteiger partial charge on any atom is 0.315 e. The molecule has 1 unspecified atom stereocenters. The molecule has 14 heteroatoms. The number of nitrogens with one attached hydrogen (secondary N) is 5. The lowest BCUT2D eigenvalue weighted by atomic mass is 9.70. The number of nitrogens with zero attached hydrogens (tertiary/aromatic N) is 1. The summed E-state index contributed by atoms with van der Waals surface area (Å²) in [4.78, 5) is 65.8. The van der Waals surface area contributed by atoms with Crippen molar-refractivity contribution in [1.82, 2.24) is 30.9 Å². The number of likely N-dealkylation sites (N-methyl/N-ethyl adjacent to an activating group) is 1. The normalized spacial score (nSPS) is 19.5. The summed E-state index contributed by atoms with van der Waals surface area (Å²) in [5, 5.41) is 14.2. The summed E-state index contributed by atoms with van der Waals surface area (Å²) >= 11 is 0. The summed E-state index contributed by atoms with van der Waals surface area (Å²) in [5.41, 5.74) is -0.941. The zero-order valence-electron chi connectivity index (χ0n) is 31.7. The molecule has 5 atom stereocenters. The van der Waals surface area contributed by atoms with E-state index in [0.717, 1.165) is 57.6 Å². The van der Waals surface area contributed by atoms with Crippen LogP contribution in [-0.2, 0) is 29.2 Å². The molecule has 0 heterocycles. The van der Waals surface area contributed by atoms with Crippen LogP contribution in [0.25, 0.3) is 0 Å².